The van der Waals surface area contributed by atoms with Crippen molar-refractivity contribution in [2.75, 3.05) is 0 Å². The van der Waals surface area contributed by atoms with Crippen LogP contribution in [0.2, 0.25) is 0 Å². The minimum Gasteiger partial charge on any atom is -0.254 e. The molecule has 4 rings (SSSR count). The van der Waals surface area contributed by atoms with Crippen molar-refractivity contribution >= 4 is 0 Å². The van der Waals surface area contributed by atoms with Gasteiger partial charge in [-0.15, -0.1) is 0 Å². The molecule has 1 aliphatic heterocycles. The van der Waals surface area contributed by atoms with E-state index in [1.807, 2.05) is 0 Å². The summed E-state index contributed by atoms with van der Waals surface area (Å²) in [4.78, 5) is 0. The molecule has 2 aliphatic rings. The number of hydrazine groups is 1. The van der Waals surface area contributed by atoms with Crippen molar-refractivity contribution in [2.45, 2.75) is 24.9 Å². The van der Waals surface area contributed by atoms with Crippen molar-refractivity contribution in [1.29, 1.82) is 0 Å². The molecule has 2 aromatic rings. The summed E-state index contributed by atoms with van der Waals surface area (Å²) in [5.41, 5.74) is 11.3. The summed E-state index contributed by atoms with van der Waals surface area (Å²) in [6.45, 7) is 2.28. The summed E-state index contributed by atoms with van der Waals surface area (Å²) < 4.78 is 0. The zero-order valence-electron chi connectivity index (χ0n) is 11.0. The lowest BCUT2D eigenvalue weighted by Crippen LogP contribution is -2.31. The van der Waals surface area contributed by atoms with Crippen molar-refractivity contribution in [3.63, 3.8) is 0 Å². The molecule has 0 radical (unpaired) electrons. The molecule has 1 aliphatic carbocycles. The minimum atomic E-state index is 0.441. The highest BCUT2D eigenvalue weighted by molar-refractivity contribution is 5.47. The molecule has 2 nitrogen and oxygen atoms in total. The number of benzene rings is 2. The van der Waals surface area contributed by atoms with Crippen LogP contribution in [0, 0.1) is 5.92 Å². The van der Waals surface area contributed by atoms with Crippen LogP contribution in [0.5, 0.6) is 0 Å². The van der Waals surface area contributed by atoms with Crippen LogP contribution in [0.3, 0.4) is 0 Å². The molecular weight excluding hydrogens is 232 g/mol. The lowest BCUT2D eigenvalue weighted by Gasteiger charge is -2.22. The summed E-state index contributed by atoms with van der Waals surface area (Å²) in [5, 5.41) is 0. The lowest BCUT2D eigenvalue weighted by molar-refractivity contribution is 0.425. The topological polar surface area (TPSA) is 24.1 Å². The summed E-state index contributed by atoms with van der Waals surface area (Å²) in [7, 11) is 0. The van der Waals surface area contributed by atoms with Crippen LogP contribution in [0.4, 0.5) is 0 Å². The largest absolute Gasteiger partial charge is 0.254 e. The zero-order chi connectivity index (χ0) is 12.8. The van der Waals surface area contributed by atoms with Crippen molar-refractivity contribution in [1.82, 2.24) is 10.9 Å². The van der Waals surface area contributed by atoms with Crippen molar-refractivity contribution < 1.29 is 0 Å². The maximum Gasteiger partial charge on any atom is 0.0517 e. The van der Waals surface area contributed by atoms with Gasteiger partial charge in [-0.05, 0) is 23.6 Å². The molecule has 0 amide bonds. The summed E-state index contributed by atoms with van der Waals surface area (Å²) in [5.74, 6) is 1.10. The maximum atomic E-state index is 3.47. The van der Waals surface area contributed by atoms with Crippen molar-refractivity contribution in [2.24, 2.45) is 5.92 Å². The first-order chi connectivity index (χ1) is 9.36. The Hall–Kier alpha value is -1.64. The Bertz CT molecular complexity index is 593. The van der Waals surface area contributed by atoms with E-state index in [4.69, 9.17) is 0 Å². The Kier molecular flexibility index (Phi) is 2.47. The van der Waals surface area contributed by atoms with Gasteiger partial charge < -0.3 is 0 Å². The Morgan fingerprint density at radius 2 is 1.47 bits per heavy atom. The van der Waals surface area contributed by atoms with Crippen LogP contribution in [-0.2, 0) is 0 Å². The Morgan fingerprint density at radius 1 is 0.789 bits per heavy atom. The standard InChI is InChI=1S/C17H18N2/c1-11-15-16(12-7-3-2-4-8-12)13-9-5-6-10-14(13)17(15)19-18-11/h2-11,15-19H,1H3. The second-order valence-electron chi connectivity index (χ2n) is 5.65. The van der Waals surface area contributed by atoms with Gasteiger partial charge in [-0.2, -0.15) is 0 Å². The Morgan fingerprint density at radius 3 is 2.26 bits per heavy atom. The molecule has 96 valence electrons. The second-order valence-corrected chi connectivity index (χ2v) is 5.65. The normalized spacial score (nSPS) is 32.1. The molecule has 4 atom stereocenters. The van der Waals surface area contributed by atoms with E-state index < -0.39 is 0 Å². The predicted molar refractivity (Wildman–Crippen MR) is 76.7 cm³/mol. The first-order valence-corrected chi connectivity index (χ1v) is 7.01. The molecule has 19 heavy (non-hydrogen) atoms. The second kappa shape index (κ2) is 4.19. The van der Waals surface area contributed by atoms with Gasteiger partial charge in [0.05, 0.1) is 6.04 Å². The molecule has 0 spiro atoms. The molecule has 0 bridgehead atoms. The van der Waals surface area contributed by atoms with Gasteiger partial charge in [0.1, 0.15) is 0 Å². The van der Waals surface area contributed by atoms with Crippen LogP contribution < -0.4 is 10.9 Å². The summed E-state index contributed by atoms with van der Waals surface area (Å²) >= 11 is 0. The summed E-state index contributed by atoms with van der Waals surface area (Å²) in [6.07, 6.45) is 0. The highest BCUT2D eigenvalue weighted by atomic mass is 15.4. The van der Waals surface area contributed by atoms with Gasteiger partial charge in [-0.25, -0.2) is 5.43 Å². The first-order valence-electron chi connectivity index (χ1n) is 7.01. The third kappa shape index (κ3) is 1.57. The van der Waals surface area contributed by atoms with Crippen LogP contribution in [-0.4, -0.2) is 6.04 Å². The molecule has 0 saturated carbocycles. The Labute approximate surface area is 113 Å². The van der Waals surface area contributed by atoms with Crippen molar-refractivity contribution in [3.05, 3.63) is 71.3 Å². The maximum absolute atomic E-state index is 3.47. The molecular formula is C17H18N2. The number of hydrogen-bond acceptors (Lipinski definition) is 2. The molecule has 1 fully saturated rings. The van der Waals surface area contributed by atoms with Crippen LogP contribution >= 0.6 is 0 Å². The van der Waals surface area contributed by atoms with E-state index in [2.05, 4.69) is 72.4 Å². The smallest absolute Gasteiger partial charge is 0.0517 e. The molecule has 2 N–H and O–H groups in total. The quantitative estimate of drug-likeness (QED) is 0.813. The third-order valence-electron chi connectivity index (χ3n) is 4.64. The van der Waals surface area contributed by atoms with E-state index in [9.17, 15) is 0 Å². The van der Waals surface area contributed by atoms with Gasteiger partial charge >= 0.3 is 0 Å². The van der Waals surface area contributed by atoms with Gasteiger partial charge in [-0.1, -0.05) is 54.6 Å². The fourth-order valence-corrected chi connectivity index (χ4v) is 3.82. The monoisotopic (exact) mass is 250 g/mol. The van der Waals surface area contributed by atoms with Gasteiger partial charge in [0, 0.05) is 17.9 Å². The highest BCUT2D eigenvalue weighted by Crippen LogP contribution is 2.51. The van der Waals surface area contributed by atoms with Crippen LogP contribution in [0.25, 0.3) is 0 Å². The minimum absolute atomic E-state index is 0.441. The molecule has 2 aromatic carbocycles. The number of rotatable bonds is 1. The zero-order valence-corrected chi connectivity index (χ0v) is 11.0. The first kappa shape index (κ1) is 11.2. The molecule has 0 aromatic heterocycles. The number of fused-ring (bicyclic) bond motifs is 3. The molecule has 4 unspecified atom stereocenters. The summed E-state index contributed by atoms with van der Waals surface area (Å²) in [6, 6.07) is 20.7. The lowest BCUT2D eigenvalue weighted by atomic mass is 9.82. The van der Waals surface area contributed by atoms with E-state index in [-0.39, 0.29) is 0 Å². The van der Waals surface area contributed by atoms with Crippen LogP contribution in [0.15, 0.2) is 54.6 Å². The van der Waals surface area contributed by atoms with Gasteiger partial charge in [0.2, 0.25) is 0 Å². The average Bonchev–Trinajstić information content (AvgIpc) is 2.99. The van der Waals surface area contributed by atoms with E-state index in [0.29, 0.717) is 23.9 Å². The predicted octanol–water partition coefficient (Wildman–Crippen LogP) is 2.99. The third-order valence-corrected chi connectivity index (χ3v) is 4.64. The molecule has 1 saturated heterocycles. The van der Waals surface area contributed by atoms with Gasteiger partial charge in [-0.3, -0.25) is 5.43 Å². The van der Waals surface area contributed by atoms with E-state index in [0.717, 1.165) is 0 Å². The van der Waals surface area contributed by atoms with E-state index in [1.165, 1.54) is 16.7 Å². The van der Waals surface area contributed by atoms with E-state index in [1.54, 1.807) is 0 Å². The average molecular weight is 250 g/mol. The Balaban J connectivity index is 1.89. The fourth-order valence-electron chi connectivity index (χ4n) is 3.82. The number of hydrogen-bond donors (Lipinski definition) is 2. The fraction of sp³-hybridized carbons (Fsp3) is 0.294. The van der Waals surface area contributed by atoms with E-state index >= 15 is 0 Å². The van der Waals surface area contributed by atoms with Gasteiger partial charge in [0.25, 0.3) is 0 Å². The molecule has 2 heteroatoms. The number of nitrogens with one attached hydrogen (secondary N) is 2. The van der Waals surface area contributed by atoms with Gasteiger partial charge in [0.15, 0.2) is 0 Å². The SMILES string of the molecule is CC1NNC2c3ccccc3C(c3ccccc3)C12. The van der Waals surface area contributed by atoms with Crippen molar-refractivity contribution in [3.8, 4) is 0 Å². The van der Waals surface area contributed by atoms with Crippen LogP contribution in [0.1, 0.15) is 35.6 Å². The molecule has 1 heterocycles. The highest BCUT2D eigenvalue weighted by Gasteiger charge is 2.47.